The van der Waals surface area contributed by atoms with E-state index in [4.69, 9.17) is 0 Å². The summed E-state index contributed by atoms with van der Waals surface area (Å²) >= 11 is 0. The van der Waals surface area contributed by atoms with Gasteiger partial charge in [-0.15, -0.1) is 0 Å². The van der Waals surface area contributed by atoms with Crippen molar-refractivity contribution in [3.05, 3.63) is 64.0 Å². The Kier molecular flexibility index (Phi) is 7.48. The molecule has 0 heterocycles. The zero-order valence-electron chi connectivity index (χ0n) is 16.0. The van der Waals surface area contributed by atoms with Crippen molar-refractivity contribution in [1.82, 2.24) is 10.6 Å². The third kappa shape index (κ3) is 6.42. The zero-order chi connectivity index (χ0) is 21.4. The molecular weight excluding hydrogens is 401 g/mol. The summed E-state index contributed by atoms with van der Waals surface area (Å²) in [6, 6.07) is 10.1. The van der Waals surface area contributed by atoms with Crippen LogP contribution in [0.15, 0.2) is 52.4 Å². The molecule has 9 nitrogen and oxygen atoms in total. The highest BCUT2D eigenvalue weighted by atomic mass is 32.2. The van der Waals surface area contributed by atoms with Crippen LogP contribution < -0.4 is 16.0 Å². The lowest BCUT2D eigenvalue weighted by atomic mass is 10.2. The van der Waals surface area contributed by atoms with Gasteiger partial charge in [0.1, 0.15) is 11.5 Å². The molecule has 0 saturated carbocycles. The number of nitrogens with one attached hydrogen (secondary N) is 3. The third-order valence-electron chi connectivity index (χ3n) is 3.95. The molecule has 0 spiro atoms. The van der Waals surface area contributed by atoms with Gasteiger partial charge in [0.05, 0.1) is 9.82 Å². The van der Waals surface area contributed by atoms with Crippen LogP contribution in [0, 0.1) is 15.9 Å². The van der Waals surface area contributed by atoms with Gasteiger partial charge < -0.3 is 16.0 Å². The maximum Gasteiger partial charge on any atom is 0.293 e. The van der Waals surface area contributed by atoms with Gasteiger partial charge in [-0.25, -0.2) is 12.8 Å². The van der Waals surface area contributed by atoms with Crippen molar-refractivity contribution >= 4 is 27.2 Å². The zero-order valence-corrected chi connectivity index (χ0v) is 16.8. The Hall–Kier alpha value is -3.21. The van der Waals surface area contributed by atoms with Gasteiger partial charge in [0.15, 0.2) is 15.8 Å². The van der Waals surface area contributed by atoms with Crippen LogP contribution in [0.3, 0.4) is 0 Å². The average molecular weight is 423 g/mol. The molecule has 0 amide bonds. The van der Waals surface area contributed by atoms with Crippen molar-refractivity contribution in [3.8, 4) is 0 Å². The fourth-order valence-electron chi connectivity index (χ4n) is 2.46. The Bertz CT molecular complexity index is 1010. The monoisotopic (exact) mass is 423 g/mol. The number of guanidine groups is 1. The summed E-state index contributed by atoms with van der Waals surface area (Å²) in [5.41, 5.74) is 0.378. The standard InChI is InChI=1S/C18H22FN5O4S/c1-20-18(23-12-13-5-3-4-6-15(13)19)22-10-9-21-16-8-7-14(29(2,27)28)11-17(16)24(25)26/h3-8,11,21H,9-10,12H2,1-2H3,(H2,20,22,23). The van der Waals surface area contributed by atoms with E-state index >= 15 is 0 Å². The quantitative estimate of drug-likeness (QED) is 0.195. The molecule has 2 rings (SSSR count). The highest BCUT2D eigenvalue weighted by Crippen LogP contribution is 2.27. The number of hydrogen-bond donors (Lipinski definition) is 3. The minimum absolute atomic E-state index is 0.120. The summed E-state index contributed by atoms with van der Waals surface area (Å²) < 4.78 is 36.8. The largest absolute Gasteiger partial charge is 0.378 e. The van der Waals surface area contributed by atoms with E-state index in [9.17, 15) is 22.9 Å². The lowest BCUT2D eigenvalue weighted by Gasteiger charge is -2.13. The molecule has 0 aliphatic carbocycles. The summed E-state index contributed by atoms with van der Waals surface area (Å²) in [7, 11) is -1.97. The molecule has 0 aliphatic rings. The van der Waals surface area contributed by atoms with Crippen LogP contribution in [0.1, 0.15) is 5.56 Å². The first-order valence-corrected chi connectivity index (χ1v) is 10.5. The van der Waals surface area contributed by atoms with E-state index in [-0.39, 0.29) is 28.6 Å². The van der Waals surface area contributed by atoms with Crippen LogP contribution in [0.25, 0.3) is 0 Å². The molecule has 0 aliphatic heterocycles. The van der Waals surface area contributed by atoms with Gasteiger partial charge in [-0.3, -0.25) is 15.1 Å². The van der Waals surface area contributed by atoms with Gasteiger partial charge in [-0.2, -0.15) is 0 Å². The van der Waals surface area contributed by atoms with Gasteiger partial charge in [-0.1, -0.05) is 18.2 Å². The number of nitro benzene ring substituents is 1. The maximum atomic E-state index is 13.6. The van der Waals surface area contributed by atoms with Crippen LogP contribution in [-0.2, 0) is 16.4 Å². The summed E-state index contributed by atoms with van der Waals surface area (Å²) in [6.45, 7) is 0.916. The average Bonchev–Trinajstić information content (AvgIpc) is 2.67. The lowest BCUT2D eigenvalue weighted by molar-refractivity contribution is -0.384. The first-order chi connectivity index (χ1) is 13.7. The molecule has 0 radical (unpaired) electrons. The number of benzene rings is 2. The molecule has 156 valence electrons. The van der Waals surface area contributed by atoms with Crippen LogP contribution in [0.2, 0.25) is 0 Å². The molecule has 2 aromatic carbocycles. The maximum absolute atomic E-state index is 13.6. The lowest BCUT2D eigenvalue weighted by Crippen LogP contribution is -2.39. The van der Waals surface area contributed by atoms with E-state index in [1.54, 1.807) is 25.2 Å². The Balaban J connectivity index is 1.90. The number of aliphatic imine (C=N–C) groups is 1. The highest BCUT2D eigenvalue weighted by molar-refractivity contribution is 7.90. The number of rotatable bonds is 8. The van der Waals surface area contributed by atoms with Crippen molar-refractivity contribution in [2.45, 2.75) is 11.4 Å². The molecule has 0 fully saturated rings. The Labute approximate surface area is 168 Å². The molecule has 0 aromatic heterocycles. The first-order valence-electron chi connectivity index (χ1n) is 8.62. The molecule has 0 bridgehead atoms. The van der Waals surface area contributed by atoms with Crippen LogP contribution in [0.5, 0.6) is 0 Å². The summed E-state index contributed by atoms with van der Waals surface area (Å²) in [6.07, 6.45) is 0.989. The van der Waals surface area contributed by atoms with Gasteiger partial charge >= 0.3 is 0 Å². The van der Waals surface area contributed by atoms with Gasteiger partial charge in [-0.05, 0) is 18.2 Å². The fraction of sp³-hybridized carbons (Fsp3) is 0.278. The van der Waals surface area contributed by atoms with Crippen molar-refractivity contribution in [2.75, 3.05) is 31.7 Å². The molecule has 0 saturated heterocycles. The molecule has 3 N–H and O–H groups in total. The Morgan fingerprint density at radius 1 is 1.17 bits per heavy atom. The number of nitrogens with zero attached hydrogens (tertiary/aromatic N) is 2. The smallest absolute Gasteiger partial charge is 0.293 e. The predicted octanol–water partition coefficient (Wildman–Crippen LogP) is 1.91. The number of hydrogen-bond acceptors (Lipinski definition) is 6. The normalized spacial score (nSPS) is 11.8. The van der Waals surface area contributed by atoms with Crippen LogP contribution in [-0.4, -0.2) is 45.7 Å². The number of halogens is 1. The van der Waals surface area contributed by atoms with Crippen molar-refractivity contribution < 1.29 is 17.7 Å². The second kappa shape index (κ2) is 9.82. The van der Waals surface area contributed by atoms with Crippen molar-refractivity contribution in [1.29, 1.82) is 0 Å². The van der Waals surface area contributed by atoms with Gasteiger partial charge in [0.2, 0.25) is 0 Å². The first kappa shape index (κ1) is 22.1. The van der Waals surface area contributed by atoms with E-state index in [1.165, 1.54) is 18.2 Å². The van der Waals surface area contributed by atoms with Gasteiger partial charge in [0.25, 0.3) is 5.69 Å². The molecular formula is C18H22FN5O4S. The predicted molar refractivity (Wildman–Crippen MR) is 109 cm³/mol. The summed E-state index contributed by atoms with van der Waals surface area (Å²) in [4.78, 5) is 14.5. The third-order valence-corrected chi connectivity index (χ3v) is 5.06. The highest BCUT2D eigenvalue weighted by Gasteiger charge is 2.18. The topological polar surface area (TPSA) is 126 Å². The van der Waals surface area contributed by atoms with Crippen molar-refractivity contribution in [2.24, 2.45) is 4.99 Å². The van der Waals surface area contributed by atoms with Gasteiger partial charge in [0, 0.05) is 44.6 Å². The molecule has 29 heavy (non-hydrogen) atoms. The van der Waals surface area contributed by atoms with Crippen LogP contribution >= 0.6 is 0 Å². The van der Waals surface area contributed by atoms with Crippen molar-refractivity contribution in [3.63, 3.8) is 0 Å². The van der Waals surface area contributed by atoms with E-state index in [2.05, 4.69) is 20.9 Å². The second-order valence-electron chi connectivity index (χ2n) is 6.08. The fourth-order valence-corrected chi connectivity index (χ4v) is 3.10. The number of sulfone groups is 1. The van der Waals surface area contributed by atoms with E-state index in [0.717, 1.165) is 12.3 Å². The molecule has 11 heteroatoms. The van der Waals surface area contributed by atoms with E-state index in [1.807, 2.05) is 0 Å². The van der Waals surface area contributed by atoms with Crippen LogP contribution in [0.4, 0.5) is 15.8 Å². The number of anilines is 1. The summed E-state index contributed by atoms with van der Waals surface area (Å²) in [5.74, 6) is 0.124. The molecule has 0 unspecified atom stereocenters. The summed E-state index contributed by atoms with van der Waals surface area (Å²) in [5, 5.41) is 20.1. The minimum Gasteiger partial charge on any atom is -0.378 e. The van der Waals surface area contributed by atoms with E-state index < -0.39 is 14.8 Å². The Morgan fingerprint density at radius 3 is 2.52 bits per heavy atom. The Morgan fingerprint density at radius 2 is 1.90 bits per heavy atom. The molecule has 2 aromatic rings. The SMILES string of the molecule is CN=C(NCCNc1ccc(S(C)(=O)=O)cc1[N+](=O)[O-])NCc1ccccc1F. The molecule has 0 atom stereocenters. The van der Waals surface area contributed by atoms with E-state index in [0.29, 0.717) is 24.6 Å². The number of nitro groups is 1. The second-order valence-corrected chi connectivity index (χ2v) is 8.09. The minimum atomic E-state index is -3.54.